The first-order chi connectivity index (χ1) is 14.1. The van der Waals surface area contributed by atoms with Crippen LogP contribution < -0.4 is 5.32 Å². The predicted octanol–water partition coefficient (Wildman–Crippen LogP) is 6.77. The minimum atomic E-state index is -0.233. The molecule has 0 fully saturated rings. The van der Waals surface area contributed by atoms with Crippen molar-refractivity contribution in [2.45, 2.75) is 11.8 Å². The number of aryl methyl sites for hydroxylation is 1. The van der Waals surface area contributed by atoms with Crippen molar-refractivity contribution in [2.24, 2.45) is 0 Å². The molecular formula is C23H15NO2S3. The van der Waals surface area contributed by atoms with Crippen molar-refractivity contribution in [1.82, 2.24) is 0 Å². The molecule has 5 rings (SSSR count). The van der Waals surface area contributed by atoms with Gasteiger partial charge in [-0.05, 0) is 40.8 Å². The maximum atomic E-state index is 13.3. The number of Topliss-reactive ketones (excluding diaryl/α,β-unsaturated/α-hetero) is 2. The minimum Gasteiger partial charge on any atom is -0.348 e. The normalized spacial score (nSPS) is 12.7. The van der Waals surface area contributed by atoms with E-state index in [-0.39, 0.29) is 17.1 Å². The van der Waals surface area contributed by atoms with Crippen molar-refractivity contribution in [3.05, 3.63) is 91.3 Å². The second-order valence-corrected chi connectivity index (χ2v) is 9.58. The van der Waals surface area contributed by atoms with Crippen LogP contribution in [0.4, 0.5) is 5.69 Å². The van der Waals surface area contributed by atoms with E-state index in [1.54, 1.807) is 12.1 Å². The van der Waals surface area contributed by atoms with Crippen LogP contribution in [-0.4, -0.2) is 11.6 Å². The molecule has 0 atom stereocenters. The molecule has 0 saturated carbocycles. The van der Waals surface area contributed by atoms with Crippen molar-refractivity contribution in [3.63, 3.8) is 0 Å². The summed E-state index contributed by atoms with van der Waals surface area (Å²) >= 11 is 4.18. The Morgan fingerprint density at radius 2 is 1.52 bits per heavy atom. The van der Waals surface area contributed by atoms with Gasteiger partial charge in [-0.3, -0.25) is 9.59 Å². The lowest BCUT2D eigenvalue weighted by Gasteiger charge is -2.09. The Bertz CT molecular complexity index is 1240. The molecule has 1 aliphatic heterocycles. The van der Waals surface area contributed by atoms with E-state index in [0.717, 1.165) is 26.9 Å². The highest BCUT2D eigenvalue weighted by Crippen LogP contribution is 2.48. The molecule has 0 amide bonds. The van der Waals surface area contributed by atoms with Gasteiger partial charge in [0.15, 0.2) is 0 Å². The lowest BCUT2D eigenvalue weighted by Crippen LogP contribution is -2.15. The maximum absolute atomic E-state index is 13.3. The first-order valence-electron chi connectivity index (χ1n) is 9.01. The van der Waals surface area contributed by atoms with Gasteiger partial charge in [-0.1, -0.05) is 54.2 Å². The molecule has 0 unspecified atom stereocenters. The molecule has 6 heteroatoms. The first kappa shape index (κ1) is 18.4. The topological polar surface area (TPSA) is 46.2 Å². The van der Waals surface area contributed by atoms with Crippen LogP contribution in [0.15, 0.2) is 80.9 Å². The number of hydrogen-bond acceptors (Lipinski definition) is 6. The van der Waals surface area contributed by atoms with Crippen LogP contribution in [0.3, 0.4) is 0 Å². The largest absolute Gasteiger partial charge is 0.348 e. The standard InChI is InChI=1S/C23H15NO2S3/c1-13-12-14-6-2-3-7-15(14)19-22(13)29-23(24-19)18(20(25)16-8-4-10-27-16)21(26)17-9-5-11-28-17/h2-12,24H,1H3. The number of ketones is 2. The van der Waals surface area contributed by atoms with Crippen LogP contribution >= 0.6 is 34.4 Å². The lowest BCUT2D eigenvalue weighted by molar-refractivity contribution is 0.0966. The summed E-state index contributed by atoms with van der Waals surface area (Å²) in [6.07, 6.45) is 0. The highest BCUT2D eigenvalue weighted by molar-refractivity contribution is 8.03. The molecule has 0 saturated heterocycles. The lowest BCUT2D eigenvalue weighted by atomic mass is 10.0. The van der Waals surface area contributed by atoms with E-state index in [2.05, 4.69) is 30.4 Å². The van der Waals surface area contributed by atoms with E-state index in [0.29, 0.717) is 14.8 Å². The molecule has 29 heavy (non-hydrogen) atoms. The number of benzene rings is 2. The van der Waals surface area contributed by atoms with Crippen LogP contribution in [0.2, 0.25) is 0 Å². The average molecular weight is 434 g/mol. The third-order valence-corrected chi connectivity index (χ3v) is 7.78. The van der Waals surface area contributed by atoms with Crippen molar-refractivity contribution >= 4 is 62.5 Å². The number of fused-ring (bicyclic) bond motifs is 3. The SMILES string of the molecule is Cc1cc2ccccc2c2c1SC(=C(C(=O)c1cccs1)C(=O)c1cccs1)N2. The van der Waals surface area contributed by atoms with Gasteiger partial charge in [-0.15, -0.1) is 22.7 Å². The van der Waals surface area contributed by atoms with Gasteiger partial charge >= 0.3 is 0 Å². The van der Waals surface area contributed by atoms with Crippen LogP contribution in [0, 0.1) is 6.92 Å². The summed E-state index contributed by atoms with van der Waals surface area (Å²) < 4.78 is 0. The number of hydrogen-bond donors (Lipinski definition) is 1. The zero-order valence-corrected chi connectivity index (χ0v) is 17.8. The highest BCUT2D eigenvalue weighted by Gasteiger charge is 2.32. The molecule has 3 nitrogen and oxygen atoms in total. The Morgan fingerprint density at radius 1 is 0.862 bits per heavy atom. The summed E-state index contributed by atoms with van der Waals surface area (Å²) in [6.45, 7) is 2.06. The number of allylic oxidation sites excluding steroid dienone is 1. The van der Waals surface area contributed by atoms with Gasteiger partial charge < -0.3 is 5.32 Å². The molecule has 4 aromatic rings. The van der Waals surface area contributed by atoms with E-state index in [1.165, 1.54) is 34.4 Å². The smallest absolute Gasteiger partial charge is 0.209 e. The molecule has 1 N–H and O–H groups in total. The Kier molecular flexibility index (Phi) is 4.62. The average Bonchev–Trinajstić information content (AvgIpc) is 3.49. The second kappa shape index (κ2) is 7.30. The van der Waals surface area contributed by atoms with E-state index in [9.17, 15) is 9.59 Å². The Balaban J connectivity index is 1.69. The van der Waals surface area contributed by atoms with Crippen molar-refractivity contribution in [1.29, 1.82) is 0 Å². The van der Waals surface area contributed by atoms with Gasteiger partial charge in [0.05, 0.1) is 20.5 Å². The van der Waals surface area contributed by atoms with Gasteiger partial charge in [-0.25, -0.2) is 0 Å². The Labute approximate surface area is 180 Å². The molecule has 0 spiro atoms. The van der Waals surface area contributed by atoms with E-state index < -0.39 is 0 Å². The summed E-state index contributed by atoms with van der Waals surface area (Å²) in [5.74, 6) is -0.466. The number of carbonyl (C=O) groups excluding carboxylic acids is 2. The highest BCUT2D eigenvalue weighted by atomic mass is 32.2. The Morgan fingerprint density at radius 3 is 2.14 bits per heavy atom. The van der Waals surface area contributed by atoms with Crippen molar-refractivity contribution in [2.75, 3.05) is 5.32 Å². The summed E-state index contributed by atoms with van der Waals surface area (Å²) in [4.78, 5) is 28.8. The number of thiophene rings is 2. The number of carbonyl (C=O) groups is 2. The van der Waals surface area contributed by atoms with Gasteiger partial charge in [-0.2, -0.15) is 0 Å². The third kappa shape index (κ3) is 3.13. The summed E-state index contributed by atoms with van der Waals surface area (Å²) in [7, 11) is 0. The van der Waals surface area contributed by atoms with Gasteiger partial charge in [0.2, 0.25) is 11.6 Å². The predicted molar refractivity (Wildman–Crippen MR) is 122 cm³/mol. The molecule has 2 aromatic heterocycles. The van der Waals surface area contributed by atoms with E-state index in [1.807, 2.05) is 35.0 Å². The summed E-state index contributed by atoms with van der Waals surface area (Å²) in [5, 5.41) is 9.95. The number of anilines is 1. The molecule has 0 radical (unpaired) electrons. The first-order valence-corrected chi connectivity index (χ1v) is 11.6. The van der Waals surface area contributed by atoms with Crippen LogP contribution in [0.1, 0.15) is 24.9 Å². The fourth-order valence-electron chi connectivity index (χ4n) is 3.45. The number of nitrogens with one attached hydrogen (secondary N) is 1. The molecule has 0 aliphatic carbocycles. The molecule has 2 aromatic carbocycles. The van der Waals surface area contributed by atoms with Crippen molar-refractivity contribution in [3.8, 4) is 0 Å². The summed E-state index contributed by atoms with van der Waals surface area (Å²) in [6, 6.07) is 17.5. The fourth-order valence-corrected chi connectivity index (χ4v) is 5.92. The zero-order valence-electron chi connectivity index (χ0n) is 15.4. The minimum absolute atomic E-state index is 0.208. The second-order valence-electron chi connectivity index (χ2n) is 6.66. The van der Waals surface area contributed by atoms with Crippen LogP contribution in [0.5, 0.6) is 0 Å². The third-order valence-electron chi connectivity index (χ3n) is 4.80. The molecule has 0 bridgehead atoms. The zero-order chi connectivity index (χ0) is 20.0. The van der Waals surface area contributed by atoms with Gasteiger partial charge in [0.25, 0.3) is 0 Å². The van der Waals surface area contributed by atoms with Gasteiger partial charge in [0.1, 0.15) is 5.57 Å². The monoisotopic (exact) mass is 433 g/mol. The molecular weight excluding hydrogens is 418 g/mol. The molecule has 3 heterocycles. The molecule has 1 aliphatic rings. The Hall–Kier alpha value is -2.67. The summed E-state index contributed by atoms with van der Waals surface area (Å²) in [5.41, 5.74) is 2.30. The van der Waals surface area contributed by atoms with Gasteiger partial charge in [0, 0.05) is 10.3 Å². The van der Waals surface area contributed by atoms with Crippen LogP contribution in [-0.2, 0) is 0 Å². The fraction of sp³-hybridized carbons (Fsp3) is 0.0435. The maximum Gasteiger partial charge on any atom is 0.209 e. The van der Waals surface area contributed by atoms with E-state index >= 15 is 0 Å². The molecule has 142 valence electrons. The van der Waals surface area contributed by atoms with Crippen molar-refractivity contribution < 1.29 is 9.59 Å². The van der Waals surface area contributed by atoms with Crippen LogP contribution in [0.25, 0.3) is 10.8 Å². The van der Waals surface area contributed by atoms with E-state index in [4.69, 9.17) is 0 Å². The quantitative estimate of drug-likeness (QED) is 0.167. The number of rotatable bonds is 4. The number of thioether (sulfide) groups is 1.